The molecule has 0 bridgehead atoms. The number of aliphatic hydroxyl groups excluding tert-OH is 1. The van der Waals surface area contributed by atoms with Gasteiger partial charge in [-0.15, -0.1) is 0 Å². The SMILES string of the molecule is CCOCc1cc(C(=O)O)ccc1-c1ccccc1SN(P)C(=N)/C([Se][Ba])=C(/C)O. The van der Waals surface area contributed by atoms with Crippen LogP contribution in [0.2, 0.25) is 0 Å². The van der Waals surface area contributed by atoms with Crippen LogP contribution in [0.1, 0.15) is 29.8 Å². The van der Waals surface area contributed by atoms with Crippen molar-refractivity contribution in [3.63, 3.8) is 0 Å². The molecular formula is C20H22BaN2O4PSSe. The van der Waals surface area contributed by atoms with Gasteiger partial charge in [-0.3, -0.25) is 0 Å². The summed E-state index contributed by atoms with van der Waals surface area (Å²) in [5.74, 6) is -0.484. The molecule has 2 aromatic rings. The molecule has 0 aliphatic heterocycles. The zero-order chi connectivity index (χ0) is 22.3. The average molecular weight is 634 g/mol. The second-order valence-electron chi connectivity index (χ2n) is 6.13. The number of carboxylic acids is 1. The van der Waals surface area contributed by atoms with E-state index in [1.54, 1.807) is 23.1 Å². The monoisotopic (exact) mass is 635 g/mol. The summed E-state index contributed by atoms with van der Waals surface area (Å²) in [4.78, 5) is 12.3. The van der Waals surface area contributed by atoms with Crippen LogP contribution in [0.4, 0.5) is 0 Å². The first-order valence-corrected chi connectivity index (χ1v) is 21.7. The van der Waals surface area contributed by atoms with Gasteiger partial charge >= 0.3 is 219 Å². The number of rotatable bonds is 9. The normalized spacial score (nSPS) is 11.7. The van der Waals surface area contributed by atoms with Crippen LogP contribution >= 0.6 is 21.3 Å². The molecule has 2 rings (SSSR count). The Morgan fingerprint density at radius 1 is 1.27 bits per heavy atom. The van der Waals surface area contributed by atoms with Crippen molar-refractivity contribution in [2.24, 2.45) is 0 Å². The molecule has 1 unspecified atom stereocenters. The second kappa shape index (κ2) is 12.7. The Bertz CT molecular complexity index is 970. The van der Waals surface area contributed by atoms with Gasteiger partial charge in [0.05, 0.1) is 0 Å². The molecule has 1 atom stereocenters. The number of carbonyl (C=O) groups is 1. The Morgan fingerprint density at radius 2 is 1.97 bits per heavy atom. The number of nitrogens with one attached hydrogen (secondary N) is 1. The van der Waals surface area contributed by atoms with Crippen molar-refractivity contribution >= 4 is 82.4 Å². The maximum atomic E-state index is 11.4. The molecule has 0 fully saturated rings. The van der Waals surface area contributed by atoms with Crippen LogP contribution in [0.15, 0.2) is 57.6 Å². The van der Waals surface area contributed by atoms with E-state index in [0.717, 1.165) is 21.6 Å². The first kappa shape index (κ1) is 26.0. The number of carboxylic acid groups (broad SMARTS) is 1. The molecule has 0 aliphatic rings. The fraction of sp³-hybridized carbons (Fsp3) is 0.200. The van der Waals surface area contributed by atoms with Crippen molar-refractivity contribution in [3.05, 3.63) is 63.8 Å². The Kier molecular flexibility index (Phi) is 11.0. The van der Waals surface area contributed by atoms with E-state index in [0.29, 0.717) is 60.8 Å². The molecule has 10 heteroatoms. The number of ether oxygens (including phenoxy) is 1. The van der Waals surface area contributed by atoms with Crippen molar-refractivity contribution in [2.45, 2.75) is 25.3 Å². The minimum atomic E-state index is -0.975. The topological polar surface area (TPSA) is 93.9 Å². The molecule has 0 amide bonds. The molecule has 0 saturated carbocycles. The number of hydrogen-bond donors (Lipinski definition) is 3. The van der Waals surface area contributed by atoms with Crippen LogP contribution in [0, 0.1) is 5.41 Å². The van der Waals surface area contributed by atoms with Gasteiger partial charge in [0.1, 0.15) is 0 Å². The average Bonchev–Trinajstić information content (AvgIpc) is 2.72. The summed E-state index contributed by atoms with van der Waals surface area (Å²) in [5, 5.41) is 27.7. The molecule has 155 valence electrons. The van der Waals surface area contributed by atoms with Gasteiger partial charge in [-0.05, 0) is 0 Å². The van der Waals surface area contributed by atoms with E-state index in [2.05, 4.69) is 9.39 Å². The zero-order valence-corrected chi connectivity index (χ0v) is 24.8. The predicted octanol–water partition coefficient (Wildman–Crippen LogP) is 4.24. The third kappa shape index (κ3) is 6.87. The van der Waals surface area contributed by atoms with E-state index in [1.165, 1.54) is 11.9 Å². The van der Waals surface area contributed by atoms with Gasteiger partial charge in [-0.25, -0.2) is 0 Å². The molecule has 30 heavy (non-hydrogen) atoms. The summed E-state index contributed by atoms with van der Waals surface area (Å²) in [5.41, 5.74) is 2.84. The molecule has 0 aliphatic carbocycles. The van der Waals surface area contributed by atoms with Gasteiger partial charge in [0.2, 0.25) is 0 Å². The van der Waals surface area contributed by atoms with Crippen molar-refractivity contribution in [2.75, 3.05) is 6.61 Å². The van der Waals surface area contributed by atoms with Crippen LogP contribution in [-0.4, -0.2) is 81.9 Å². The Morgan fingerprint density at radius 3 is 2.57 bits per heavy atom. The van der Waals surface area contributed by atoms with Crippen LogP contribution in [0.3, 0.4) is 0 Å². The summed E-state index contributed by atoms with van der Waals surface area (Å²) < 4.78 is 7.97. The van der Waals surface area contributed by atoms with Crippen molar-refractivity contribution in [1.82, 2.24) is 4.08 Å². The fourth-order valence-electron chi connectivity index (χ4n) is 2.69. The summed E-state index contributed by atoms with van der Waals surface area (Å²) in [6, 6.07) is 12.8. The molecule has 0 saturated heterocycles. The summed E-state index contributed by atoms with van der Waals surface area (Å²) in [7, 11) is 2.54. The second-order valence-corrected chi connectivity index (χ2v) is 14.2. The molecule has 0 spiro atoms. The third-order valence-electron chi connectivity index (χ3n) is 4.10. The van der Waals surface area contributed by atoms with Crippen LogP contribution in [0.5, 0.6) is 0 Å². The summed E-state index contributed by atoms with van der Waals surface area (Å²) in [6.45, 7) is 4.37. The quantitative estimate of drug-likeness (QED) is 0.0956. The van der Waals surface area contributed by atoms with Gasteiger partial charge in [-0.2, -0.15) is 0 Å². The van der Waals surface area contributed by atoms with Gasteiger partial charge in [0.25, 0.3) is 0 Å². The zero-order valence-electron chi connectivity index (χ0n) is 16.7. The molecule has 6 nitrogen and oxygen atoms in total. The number of nitrogens with zero attached hydrogens (tertiary/aromatic N) is 1. The van der Waals surface area contributed by atoms with Crippen molar-refractivity contribution in [3.8, 4) is 11.1 Å². The van der Waals surface area contributed by atoms with E-state index in [1.807, 2.05) is 37.3 Å². The van der Waals surface area contributed by atoms with Gasteiger partial charge in [0, 0.05) is 0 Å². The number of aliphatic hydroxyl groups is 1. The number of amidine groups is 1. The van der Waals surface area contributed by atoms with Gasteiger partial charge < -0.3 is 0 Å². The molecule has 0 aromatic heterocycles. The van der Waals surface area contributed by atoms with E-state index in [-0.39, 0.29) is 23.3 Å². The number of aromatic carboxylic acids is 1. The van der Waals surface area contributed by atoms with Crippen molar-refractivity contribution < 1.29 is 19.7 Å². The van der Waals surface area contributed by atoms with Gasteiger partial charge in [0.15, 0.2) is 0 Å². The molecular weight excluding hydrogens is 612 g/mol. The van der Waals surface area contributed by atoms with Crippen LogP contribution in [0.25, 0.3) is 11.1 Å². The Hall–Kier alpha value is -0.249. The molecule has 0 heterocycles. The van der Waals surface area contributed by atoms with E-state index in [9.17, 15) is 15.0 Å². The summed E-state index contributed by atoms with van der Waals surface area (Å²) >= 11 is 1.87. The number of hydrogen-bond acceptors (Lipinski definition) is 5. The minimum absolute atomic E-state index is 0.169. The molecule has 1 radical (unpaired) electrons. The number of allylic oxidation sites excluding steroid dienone is 1. The van der Waals surface area contributed by atoms with Crippen molar-refractivity contribution in [1.29, 1.82) is 5.41 Å². The fourth-order valence-corrected chi connectivity index (χ4v) is 10.9. The van der Waals surface area contributed by atoms with Crippen LogP contribution < -0.4 is 0 Å². The van der Waals surface area contributed by atoms with Crippen LogP contribution in [-0.2, 0) is 11.3 Å². The van der Waals surface area contributed by atoms with E-state index >= 15 is 0 Å². The Labute approximate surface area is 216 Å². The molecule has 3 N–H and O–H groups in total. The Balaban J connectivity index is 2.45. The van der Waals surface area contributed by atoms with Gasteiger partial charge in [-0.1, -0.05) is 0 Å². The molecule has 2 aromatic carbocycles. The predicted molar refractivity (Wildman–Crippen MR) is 126 cm³/mol. The third-order valence-corrected chi connectivity index (χ3v) is 11.9. The standard InChI is InChI=1S/C20H23N2O4PSSe.Ba/c1-3-26-11-14-10-13(20(24)25)8-9-15(14)16-6-4-5-7-17(16)28-22(27)19(21)18(29)12(2)23;/h4-10,21,23,29H,3,11,27H2,1-2H3,(H,24,25);/q;+1/p-1/b18-12+,21-19?;. The van der Waals surface area contributed by atoms with E-state index in [4.69, 9.17) is 10.1 Å². The number of benzene rings is 2. The summed E-state index contributed by atoms with van der Waals surface area (Å²) in [6.07, 6.45) is 0.169. The maximum absolute atomic E-state index is 11.4. The first-order valence-electron chi connectivity index (χ1n) is 8.97. The van der Waals surface area contributed by atoms with E-state index < -0.39 is 5.97 Å². The first-order chi connectivity index (χ1) is 14.3.